The quantitative estimate of drug-likeness (QED) is 0.472. The van der Waals surface area contributed by atoms with Crippen molar-refractivity contribution in [3.05, 3.63) is 69.5 Å². The Morgan fingerprint density at radius 3 is 2.57 bits per heavy atom. The Hall–Kier alpha value is -2.31. The minimum absolute atomic E-state index is 0.0751. The van der Waals surface area contributed by atoms with E-state index < -0.39 is 0 Å². The van der Waals surface area contributed by atoms with E-state index in [4.69, 9.17) is 11.6 Å². The number of hydrogen-bond donors (Lipinski definition) is 1. The van der Waals surface area contributed by atoms with Crippen LogP contribution in [0, 0.1) is 0 Å². The zero-order chi connectivity index (χ0) is 20.3. The maximum absolute atomic E-state index is 12.9. The van der Waals surface area contributed by atoms with Crippen molar-refractivity contribution < 1.29 is 4.79 Å². The first-order chi connectivity index (χ1) is 13.4. The summed E-state index contributed by atoms with van der Waals surface area (Å²) >= 11 is 7.30. The van der Waals surface area contributed by atoms with Crippen molar-refractivity contribution in [1.82, 2.24) is 14.9 Å². The molecule has 3 rings (SSSR count). The van der Waals surface area contributed by atoms with Crippen molar-refractivity contribution in [1.29, 1.82) is 0 Å². The molecule has 28 heavy (non-hydrogen) atoms. The first-order valence-electron chi connectivity index (χ1n) is 9.05. The second kappa shape index (κ2) is 8.80. The van der Waals surface area contributed by atoms with Crippen LogP contribution in [0.15, 0.2) is 58.5 Å². The average molecular weight is 416 g/mol. The molecule has 0 fully saturated rings. The van der Waals surface area contributed by atoms with Crippen molar-refractivity contribution in [3.63, 3.8) is 0 Å². The van der Waals surface area contributed by atoms with Crippen LogP contribution < -0.4 is 10.9 Å². The molecule has 0 unspecified atom stereocenters. The molecule has 0 bridgehead atoms. The van der Waals surface area contributed by atoms with Crippen LogP contribution in [-0.4, -0.2) is 21.2 Å². The van der Waals surface area contributed by atoms with E-state index >= 15 is 0 Å². The van der Waals surface area contributed by atoms with Gasteiger partial charge in [-0.3, -0.25) is 14.2 Å². The number of benzene rings is 2. The Morgan fingerprint density at radius 1 is 1.18 bits per heavy atom. The Kier molecular flexibility index (Phi) is 6.42. The summed E-state index contributed by atoms with van der Waals surface area (Å²) in [6, 6.07) is 14.7. The molecule has 0 aliphatic carbocycles. The van der Waals surface area contributed by atoms with E-state index in [0.717, 1.165) is 5.56 Å². The molecular weight excluding hydrogens is 394 g/mol. The van der Waals surface area contributed by atoms with Crippen LogP contribution in [0.5, 0.6) is 0 Å². The second-order valence-electron chi connectivity index (χ2n) is 6.81. The van der Waals surface area contributed by atoms with Crippen molar-refractivity contribution in [3.8, 4) is 0 Å². The fourth-order valence-electron chi connectivity index (χ4n) is 2.95. The van der Waals surface area contributed by atoms with Gasteiger partial charge in [0.1, 0.15) is 0 Å². The second-order valence-corrected chi connectivity index (χ2v) is 8.19. The lowest BCUT2D eigenvalue weighted by Crippen LogP contribution is -2.29. The largest absolute Gasteiger partial charge is 0.349 e. The van der Waals surface area contributed by atoms with Crippen LogP contribution in [0.4, 0.5) is 0 Å². The number of aromatic nitrogens is 2. The van der Waals surface area contributed by atoms with Crippen LogP contribution in [0.2, 0.25) is 5.02 Å². The van der Waals surface area contributed by atoms with Gasteiger partial charge in [-0.25, -0.2) is 4.98 Å². The van der Waals surface area contributed by atoms with Gasteiger partial charge in [-0.1, -0.05) is 53.7 Å². The highest BCUT2D eigenvalue weighted by atomic mass is 35.5. The molecule has 7 heteroatoms. The SMILES string of the molecule is CC(C)n1c(SCC(=O)N[C@@H](C)c2ccccc2)nc2cc(Cl)ccc2c1=O. The van der Waals surface area contributed by atoms with Gasteiger partial charge in [0.2, 0.25) is 5.91 Å². The maximum atomic E-state index is 12.9. The number of halogens is 1. The predicted molar refractivity (Wildman–Crippen MR) is 115 cm³/mol. The molecule has 1 atom stereocenters. The maximum Gasteiger partial charge on any atom is 0.262 e. The number of hydrogen-bond acceptors (Lipinski definition) is 4. The number of carbonyl (C=O) groups is 1. The molecule has 0 radical (unpaired) electrons. The number of fused-ring (bicyclic) bond motifs is 1. The molecule has 1 amide bonds. The average Bonchev–Trinajstić information content (AvgIpc) is 2.66. The van der Waals surface area contributed by atoms with Gasteiger partial charge in [0.25, 0.3) is 5.56 Å². The molecule has 1 heterocycles. The van der Waals surface area contributed by atoms with Crippen molar-refractivity contribution >= 4 is 40.2 Å². The summed E-state index contributed by atoms with van der Waals surface area (Å²) in [6.07, 6.45) is 0. The summed E-state index contributed by atoms with van der Waals surface area (Å²) < 4.78 is 1.62. The lowest BCUT2D eigenvalue weighted by Gasteiger charge is -2.17. The highest BCUT2D eigenvalue weighted by molar-refractivity contribution is 7.99. The number of rotatable bonds is 6. The number of carbonyl (C=O) groups excluding carboxylic acids is 1. The third-order valence-corrected chi connectivity index (χ3v) is 5.54. The van der Waals surface area contributed by atoms with E-state index in [1.807, 2.05) is 51.1 Å². The van der Waals surface area contributed by atoms with E-state index in [0.29, 0.717) is 21.1 Å². The zero-order valence-electron chi connectivity index (χ0n) is 16.0. The standard InChI is InChI=1S/C21H22ClN3O2S/c1-13(2)25-20(27)17-10-9-16(22)11-18(17)24-21(25)28-12-19(26)23-14(3)15-7-5-4-6-8-15/h4-11,13-14H,12H2,1-3H3,(H,23,26)/t14-/m0/s1. The van der Waals surface area contributed by atoms with Crippen LogP contribution in [0.25, 0.3) is 10.9 Å². The smallest absolute Gasteiger partial charge is 0.262 e. The van der Waals surface area contributed by atoms with Crippen LogP contribution in [0.3, 0.4) is 0 Å². The molecule has 0 aliphatic heterocycles. The number of amides is 1. The topological polar surface area (TPSA) is 64.0 Å². The van der Waals surface area contributed by atoms with Gasteiger partial charge in [0.05, 0.1) is 22.7 Å². The molecule has 0 saturated heterocycles. The molecule has 0 aliphatic rings. The van der Waals surface area contributed by atoms with Gasteiger partial charge >= 0.3 is 0 Å². The Bertz CT molecular complexity index is 1050. The molecule has 0 saturated carbocycles. The van der Waals surface area contributed by atoms with E-state index in [1.165, 1.54) is 11.8 Å². The lowest BCUT2D eigenvalue weighted by atomic mass is 10.1. The molecule has 1 aromatic heterocycles. The summed E-state index contributed by atoms with van der Waals surface area (Å²) in [6.45, 7) is 5.79. The molecule has 1 N–H and O–H groups in total. The van der Waals surface area contributed by atoms with Crippen LogP contribution in [0.1, 0.15) is 38.4 Å². The summed E-state index contributed by atoms with van der Waals surface area (Å²) in [5.41, 5.74) is 1.45. The van der Waals surface area contributed by atoms with Gasteiger partial charge in [-0.2, -0.15) is 0 Å². The fourth-order valence-corrected chi connectivity index (χ4v) is 4.05. The van der Waals surface area contributed by atoms with Gasteiger partial charge < -0.3 is 5.32 Å². The molecule has 2 aromatic carbocycles. The van der Waals surface area contributed by atoms with E-state index in [2.05, 4.69) is 10.3 Å². The third kappa shape index (κ3) is 4.56. The number of nitrogens with zero attached hydrogens (tertiary/aromatic N) is 2. The predicted octanol–water partition coefficient (Wildman–Crippen LogP) is 4.60. The molecule has 5 nitrogen and oxygen atoms in total. The van der Waals surface area contributed by atoms with Gasteiger partial charge in [-0.15, -0.1) is 0 Å². The molecule has 0 spiro atoms. The Balaban J connectivity index is 1.80. The van der Waals surface area contributed by atoms with Crippen molar-refractivity contribution in [2.45, 2.75) is 38.0 Å². The summed E-state index contributed by atoms with van der Waals surface area (Å²) in [5, 5.41) is 4.53. The molecule has 146 valence electrons. The summed E-state index contributed by atoms with van der Waals surface area (Å²) in [4.78, 5) is 29.9. The van der Waals surface area contributed by atoms with Crippen molar-refractivity contribution in [2.24, 2.45) is 0 Å². The zero-order valence-corrected chi connectivity index (χ0v) is 17.6. The van der Waals surface area contributed by atoms with E-state index in [9.17, 15) is 9.59 Å². The van der Waals surface area contributed by atoms with E-state index in [-0.39, 0.29) is 29.3 Å². The van der Waals surface area contributed by atoms with Gasteiger partial charge in [0, 0.05) is 11.1 Å². The lowest BCUT2D eigenvalue weighted by molar-refractivity contribution is -0.119. The Morgan fingerprint density at radius 2 is 1.89 bits per heavy atom. The monoisotopic (exact) mass is 415 g/mol. The first kappa shape index (κ1) is 20.4. The highest BCUT2D eigenvalue weighted by Gasteiger charge is 2.16. The normalized spacial score (nSPS) is 12.3. The third-order valence-electron chi connectivity index (χ3n) is 4.36. The number of thioether (sulfide) groups is 1. The first-order valence-corrected chi connectivity index (χ1v) is 10.4. The molecule has 3 aromatic rings. The van der Waals surface area contributed by atoms with Crippen LogP contribution in [-0.2, 0) is 4.79 Å². The summed E-state index contributed by atoms with van der Waals surface area (Å²) in [5.74, 6) is 0.0553. The fraction of sp³-hybridized carbons (Fsp3) is 0.286. The van der Waals surface area contributed by atoms with Crippen molar-refractivity contribution in [2.75, 3.05) is 5.75 Å². The summed E-state index contributed by atoms with van der Waals surface area (Å²) in [7, 11) is 0. The highest BCUT2D eigenvalue weighted by Crippen LogP contribution is 2.23. The molecular formula is C21H22ClN3O2S. The van der Waals surface area contributed by atoms with Gasteiger partial charge in [0.15, 0.2) is 5.16 Å². The Labute approximate surface area is 173 Å². The minimum Gasteiger partial charge on any atom is -0.349 e. The minimum atomic E-state index is -0.128. The van der Waals surface area contributed by atoms with E-state index in [1.54, 1.807) is 22.8 Å². The van der Waals surface area contributed by atoms with Crippen LogP contribution >= 0.6 is 23.4 Å². The number of nitrogens with one attached hydrogen (secondary N) is 1. The van der Waals surface area contributed by atoms with Gasteiger partial charge in [-0.05, 0) is 44.5 Å².